The fourth-order valence-corrected chi connectivity index (χ4v) is 7.22. The van der Waals surface area contributed by atoms with Gasteiger partial charge >= 0.3 is 0 Å². The third-order valence-corrected chi connectivity index (χ3v) is 10.1. The molecule has 0 saturated carbocycles. The number of fused-ring (bicyclic) bond motifs is 20. The molecule has 0 radical (unpaired) electrons. The van der Waals surface area contributed by atoms with Crippen molar-refractivity contribution in [2.75, 3.05) is 12.4 Å². The number of H-pyrrole nitrogens is 1. The number of rotatable bonds is 3. The third-order valence-electron chi connectivity index (χ3n) is 10.1. The van der Waals surface area contributed by atoms with E-state index < -0.39 is 182 Å². The molecule has 0 amide bonds. The Morgan fingerprint density at radius 2 is 0.922 bits per heavy atom. The van der Waals surface area contributed by atoms with Crippen molar-refractivity contribution in [3.05, 3.63) is 112 Å². The standard InChI is InChI=1S/C39H10F15N9O/c1-64-8-4-2-7(3-5-8)55-31-17-14(22(45)29(52)30(31)53)35-57-32-9-6-10(40)18(41)19(42)11(9)33(56-32)61-38-15-16(24(47)28(51)27(50)23(15)46)39(63(38)54)62-36-13-12(34(58-36)59-37(17)60-35)20(43)25(48)26(49)21(13)44/h2-6,55H,1H3,(H,56,57,58,59,60,61,62). The van der Waals surface area contributed by atoms with Crippen LogP contribution in [0.4, 0.5) is 77.3 Å². The lowest BCUT2D eigenvalue weighted by Crippen LogP contribution is -2.02. The molecule has 5 heterocycles. The van der Waals surface area contributed by atoms with E-state index in [-0.39, 0.29) is 17.5 Å². The molecule has 322 valence electrons. The first-order chi connectivity index (χ1) is 30.4. The van der Waals surface area contributed by atoms with Crippen molar-refractivity contribution in [1.29, 1.82) is 0 Å². The number of hydrogen-bond donors (Lipinski definition) is 2. The molecule has 2 N–H and O–H groups in total. The Bertz CT molecular complexity index is 3650. The quantitative estimate of drug-likeness (QED) is 0.102. The van der Waals surface area contributed by atoms with Gasteiger partial charge in [-0.2, -0.15) is 0 Å². The summed E-state index contributed by atoms with van der Waals surface area (Å²) in [5.41, 5.74) is -11.7. The van der Waals surface area contributed by atoms with Crippen LogP contribution in [0.15, 0.2) is 30.3 Å². The lowest BCUT2D eigenvalue weighted by molar-refractivity contribution is 0.398. The SMILES string of the molecule is COc1ccc(Nc2c(F)c(F)c(F)c3c4nc5nc(nc6c7c(F)c(F)c(F)c(F)c7c(nc7nc(nc([nH]4)c23)-c2c(F)c(F)c(F)c(F)c2-7)n6F)-c2c-5cc(F)c(F)c2F)cc1. The first-order valence-electron chi connectivity index (χ1n) is 17.5. The van der Waals surface area contributed by atoms with E-state index >= 15 is 39.6 Å². The number of nitrogens with one attached hydrogen (secondary N) is 2. The molecular weight excluding hydrogens is 895 g/mol. The van der Waals surface area contributed by atoms with E-state index in [1.807, 2.05) is 0 Å². The molecule has 25 heteroatoms. The topological polar surface area (TPSA) is 119 Å². The minimum Gasteiger partial charge on any atom is -0.497 e. The summed E-state index contributed by atoms with van der Waals surface area (Å²) >= 11 is 0. The molecule has 0 atom stereocenters. The third kappa shape index (κ3) is 5.38. The van der Waals surface area contributed by atoms with Crippen molar-refractivity contribution in [3.63, 3.8) is 0 Å². The maximum atomic E-state index is 16.6. The predicted octanol–water partition coefficient (Wildman–Crippen LogP) is 10.8. The van der Waals surface area contributed by atoms with Crippen molar-refractivity contribution in [3.8, 4) is 51.3 Å². The van der Waals surface area contributed by atoms with Crippen molar-refractivity contribution in [2.45, 2.75) is 0 Å². The number of nitrogens with zero attached hydrogens (tertiary/aromatic N) is 7. The summed E-state index contributed by atoms with van der Waals surface area (Å²) < 4.78 is 237. The van der Waals surface area contributed by atoms with Gasteiger partial charge in [-0.25, -0.2) is 91.4 Å². The predicted molar refractivity (Wildman–Crippen MR) is 192 cm³/mol. The van der Waals surface area contributed by atoms with E-state index in [0.717, 1.165) is 0 Å². The molecule has 0 unspecified atom stereocenters. The Kier molecular flexibility index (Phi) is 8.62. The Morgan fingerprint density at radius 3 is 1.50 bits per heavy atom. The maximum Gasteiger partial charge on any atom is 0.198 e. The highest BCUT2D eigenvalue weighted by Gasteiger charge is 2.36. The summed E-state index contributed by atoms with van der Waals surface area (Å²) in [6.07, 6.45) is 0. The minimum absolute atomic E-state index is 0.0665. The van der Waals surface area contributed by atoms with Gasteiger partial charge in [-0.05, 0) is 30.3 Å². The van der Waals surface area contributed by atoms with Gasteiger partial charge in [0.15, 0.2) is 116 Å². The first kappa shape index (κ1) is 40.1. The normalized spacial score (nSPS) is 12.1. The number of anilines is 2. The Balaban J connectivity index is 1.48. The van der Waals surface area contributed by atoms with Crippen LogP contribution in [0.1, 0.15) is 0 Å². The molecule has 0 saturated heterocycles. The van der Waals surface area contributed by atoms with Gasteiger partial charge in [-0.1, -0.05) is 4.48 Å². The maximum absolute atomic E-state index is 16.6. The molecule has 0 spiro atoms. The minimum atomic E-state index is -2.61. The highest BCUT2D eigenvalue weighted by molar-refractivity contribution is 6.13. The molecule has 2 aliphatic rings. The van der Waals surface area contributed by atoms with Crippen molar-refractivity contribution in [1.82, 2.24) is 39.7 Å². The molecule has 5 aromatic carbocycles. The van der Waals surface area contributed by atoms with E-state index in [1.54, 1.807) is 0 Å². The van der Waals surface area contributed by atoms with E-state index in [0.29, 0.717) is 0 Å². The molecule has 64 heavy (non-hydrogen) atoms. The first-order valence-corrected chi connectivity index (χ1v) is 17.5. The van der Waals surface area contributed by atoms with Crippen LogP contribution in [0.5, 0.6) is 5.75 Å². The van der Waals surface area contributed by atoms with Crippen LogP contribution >= 0.6 is 0 Å². The van der Waals surface area contributed by atoms with E-state index in [4.69, 9.17) is 4.74 Å². The number of aromatic amines is 1. The molecule has 0 fully saturated rings. The molecular formula is C39H10F15N9O. The van der Waals surface area contributed by atoms with Crippen LogP contribution in [0.2, 0.25) is 0 Å². The largest absolute Gasteiger partial charge is 0.497 e. The highest BCUT2D eigenvalue weighted by atomic mass is 19.2. The zero-order valence-electron chi connectivity index (χ0n) is 30.6. The van der Waals surface area contributed by atoms with Gasteiger partial charge < -0.3 is 15.0 Å². The van der Waals surface area contributed by atoms with E-state index in [1.165, 1.54) is 31.4 Å². The van der Waals surface area contributed by atoms with Crippen molar-refractivity contribution < 1.29 is 70.7 Å². The number of hydrogen-bond acceptors (Lipinski definition) is 8. The second kappa shape index (κ2) is 13.8. The summed E-state index contributed by atoms with van der Waals surface area (Å²) in [6.45, 7) is 0. The Hall–Kier alpha value is -7.99. The molecule has 2 aliphatic heterocycles. The summed E-state index contributed by atoms with van der Waals surface area (Å²) in [5, 5.41) is -2.90. The smallest absolute Gasteiger partial charge is 0.198 e. The van der Waals surface area contributed by atoms with Crippen LogP contribution in [-0.2, 0) is 0 Å². The van der Waals surface area contributed by atoms with Crippen molar-refractivity contribution in [2.24, 2.45) is 0 Å². The van der Waals surface area contributed by atoms with Crippen LogP contribution in [0, 0.1) is 81.4 Å². The summed E-state index contributed by atoms with van der Waals surface area (Å²) in [5.74, 6) is -37.3. The van der Waals surface area contributed by atoms with Crippen LogP contribution in [0.3, 0.4) is 0 Å². The van der Waals surface area contributed by atoms with Crippen LogP contribution in [0.25, 0.3) is 89.7 Å². The molecule has 0 aliphatic carbocycles. The summed E-state index contributed by atoms with van der Waals surface area (Å²) in [6, 6.07) is 5.42. The fraction of sp³-hybridized carbons (Fsp3) is 0.0256. The fourth-order valence-electron chi connectivity index (χ4n) is 7.22. The Labute approximate surface area is 341 Å². The monoisotopic (exact) mass is 905 g/mol. The van der Waals surface area contributed by atoms with Crippen LogP contribution < -0.4 is 10.1 Å². The van der Waals surface area contributed by atoms with Gasteiger partial charge in [-0.15, -0.1) is 4.79 Å². The summed E-state index contributed by atoms with van der Waals surface area (Å²) in [7, 11) is 1.30. The Morgan fingerprint density at radius 1 is 0.469 bits per heavy atom. The van der Waals surface area contributed by atoms with Gasteiger partial charge in [0, 0.05) is 11.3 Å². The second-order valence-corrected chi connectivity index (χ2v) is 13.6. The molecule has 3 aromatic heterocycles. The highest BCUT2D eigenvalue weighted by Crippen LogP contribution is 2.45. The van der Waals surface area contributed by atoms with Crippen molar-refractivity contribution >= 4 is 55.5 Å². The van der Waals surface area contributed by atoms with Gasteiger partial charge in [-0.3, -0.25) is 0 Å². The average molecular weight is 906 g/mol. The molecule has 10 nitrogen and oxygen atoms in total. The molecule has 8 bridgehead atoms. The number of methoxy groups -OCH3 is 1. The molecule has 10 rings (SSSR count). The summed E-state index contributed by atoms with van der Waals surface area (Å²) in [4.78, 5) is 23.8. The lowest BCUT2D eigenvalue weighted by atomic mass is 10.1. The van der Waals surface area contributed by atoms with Gasteiger partial charge in [0.2, 0.25) is 0 Å². The lowest BCUT2D eigenvalue weighted by Gasteiger charge is -2.11. The van der Waals surface area contributed by atoms with Crippen LogP contribution in [-0.4, -0.2) is 46.8 Å². The zero-order chi connectivity index (χ0) is 45.5. The van der Waals surface area contributed by atoms with Gasteiger partial charge in [0.1, 0.15) is 17.0 Å². The number of halogens is 15. The zero-order valence-corrected chi connectivity index (χ0v) is 30.6. The second-order valence-electron chi connectivity index (χ2n) is 13.6. The number of benzene rings is 5. The van der Waals surface area contributed by atoms with E-state index in [9.17, 15) is 26.3 Å². The average Bonchev–Trinajstić information content (AvgIpc) is 4.00. The van der Waals surface area contributed by atoms with Gasteiger partial charge in [0.05, 0.1) is 51.0 Å². The number of ether oxygens (including phenoxy) is 1. The molecule has 8 aromatic rings. The van der Waals surface area contributed by atoms with Gasteiger partial charge in [0.25, 0.3) is 0 Å². The number of aromatic nitrogens is 8. The van der Waals surface area contributed by atoms with E-state index in [2.05, 4.69) is 40.2 Å².